The Morgan fingerprint density at radius 3 is 2.68 bits per heavy atom. The monoisotopic (exact) mass is 438 g/mol. The third-order valence-electron chi connectivity index (χ3n) is 4.78. The van der Waals surface area contributed by atoms with Gasteiger partial charge in [0, 0.05) is 22.6 Å². The van der Waals surface area contributed by atoms with Crippen LogP contribution in [0.3, 0.4) is 0 Å². The van der Waals surface area contributed by atoms with E-state index in [1.165, 1.54) is 7.11 Å². The first-order valence-electron chi connectivity index (χ1n) is 9.81. The van der Waals surface area contributed by atoms with Crippen molar-refractivity contribution in [3.8, 4) is 5.75 Å². The number of amides is 1. The van der Waals surface area contributed by atoms with Gasteiger partial charge in [-0.15, -0.1) is 0 Å². The van der Waals surface area contributed by atoms with E-state index >= 15 is 0 Å². The van der Waals surface area contributed by atoms with E-state index in [9.17, 15) is 9.59 Å². The lowest BCUT2D eigenvalue weighted by molar-refractivity contribution is -0.136. The van der Waals surface area contributed by atoms with Crippen LogP contribution in [0.5, 0.6) is 5.75 Å². The zero-order chi connectivity index (χ0) is 21.8. The minimum absolute atomic E-state index is 0.183. The number of methoxy groups -OCH3 is 1. The largest absolute Gasteiger partial charge is 0.490 e. The topological polar surface area (TPSA) is 89.8 Å². The van der Waals surface area contributed by atoms with E-state index in [-0.39, 0.29) is 17.6 Å². The van der Waals surface area contributed by atoms with Gasteiger partial charge in [-0.2, -0.15) is 11.8 Å². The number of ether oxygens (including phenoxy) is 2. The standard InChI is InChI=1S/C23H22N2O5S/c1-3-29-19-10-6-7-14-11-20(30-21(14)19)22(26)25-17-9-5-4-8-16(17)24-18-13-31-12-15(18)23(27)28-2/h4-11,24H,3,12-13H2,1-2H3,(H,25,26). The summed E-state index contributed by atoms with van der Waals surface area (Å²) < 4.78 is 16.2. The summed E-state index contributed by atoms with van der Waals surface area (Å²) in [6, 6.07) is 14.5. The summed E-state index contributed by atoms with van der Waals surface area (Å²) in [6.07, 6.45) is 0. The smallest absolute Gasteiger partial charge is 0.336 e. The predicted molar refractivity (Wildman–Crippen MR) is 122 cm³/mol. The van der Waals surface area contributed by atoms with Gasteiger partial charge in [0.1, 0.15) is 0 Å². The molecule has 0 saturated carbocycles. The molecule has 0 bridgehead atoms. The van der Waals surface area contributed by atoms with Crippen LogP contribution in [0.15, 0.2) is 64.2 Å². The fourth-order valence-electron chi connectivity index (χ4n) is 3.31. The van der Waals surface area contributed by atoms with Gasteiger partial charge in [0.05, 0.1) is 30.7 Å². The molecule has 0 unspecified atom stereocenters. The van der Waals surface area contributed by atoms with Crippen LogP contribution in [-0.2, 0) is 9.53 Å². The molecule has 7 nitrogen and oxygen atoms in total. The van der Waals surface area contributed by atoms with Crippen LogP contribution in [-0.4, -0.2) is 37.1 Å². The Balaban J connectivity index is 1.58. The van der Waals surface area contributed by atoms with Crippen molar-refractivity contribution in [1.82, 2.24) is 0 Å². The van der Waals surface area contributed by atoms with Crippen LogP contribution in [0.4, 0.5) is 11.4 Å². The fraction of sp³-hybridized carbons (Fsp3) is 0.217. The Labute approximate surface area is 183 Å². The Morgan fingerprint density at radius 1 is 1.10 bits per heavy atom. The van der Waals surface area contributed by atoms with Crippen molar-refractivity contribution in [3.05, 3.63) is 65.6 Å². The molecule has 1 aliphatic heterocycles. The van der Waals surface area contributed by atoms with Crippen LogP contribution in [0.2, 0.25) is 0 Å². The molecule has 0 spiro atoms. The predicted octanol–water partition coefficient (Wildman–Crippen LogP) is 4.67. The molecule has 2 heterocycles. The SMILES string of the molecule is CCOc1cccc2cc(C(=O)Nc3ccccc3NC3=C(C(=O)OC)CSC3)oc12. The number of hydrogen-bond donors (Lipinski definition) is 2. The van der Waals surface area contributed by atoms with Gasteiger partial charge in [0.2, 0.25) is 0 Å². The molecular formula is C23H22N2O5S. The first-order valence-corrected chi connectivity index (χ1v) is 11.0. The minimum atomic E-state index is -0.379. The quantitative estimate of drug-likeness (QED) is 0.518. The Hall–Kier alpha value is -3.39. The van der Waals surface area contributed by atoms with Crippen LogP contribution < -0.4 is 15.4 Å². The second kappa shape index (κ2) is 9.18. The third kappa shape index (κ3) is 4.39. The lowest BCUT2D eigenvalue weighted by Crippen LogP contribution is -2.14. The molecule has 0 saturated heterocycles. The van der Waals surface area contributed by atoms with E-state index in [1.54, 1.807) is 23.9 Å². The molecule has 2 aromatic carbocycles. The first kappa shape index (κ1) is 20.9. The summed E-state index contributed by atoms with van der Waals surface area (Å²) in [4.78, 5) is 24.9. The number of anilines is 2. The summed E-state index contributed by atoms with van der Waals surface area (Å²) in [5, 5.41) is 6.96. The summed E-state index contributed by atoms with van der Waals surface area (Å²) in [6.45, 7) is 2.39. The number of para-hydroxylation sites is 3. The molecule has 0 atom stereocenters. The molecule has 8 heteroatoms. The number of carbonyl (C=O) groups is 2. The van der Waals surface area contributed by atoms with Crippen molar-refractivity contribution in [2.75, 3.05) is 35.9 Å². The van der Waals surface area contributed by atoms with Crippen LogP contribution in [0, 0.1) is 0 Å². The molecule has 0 fully saturated rings. The van der Waals surface area contributed by atoms with Crippen LogP contribution >= 0.6 is 11.8 Å². The Kier molecular flexibility index (Phi) is 6.18. The van der Waals surface area contributed by atoms with Gasteiger partial charge in [0.15, 0.2) is 17.1 Å². The molecule has 160 valence electrons. The highest BCUT2D eigenvalue weighted by Crippen LogP contribution is 2.32. The van der Waals surface area contributed by atoms with Gasteiger partial charge in [-0.1, -0.05) is 24.3 Å². The molecule has 0 radical (unpaired) electrons. The second-order valence-electron chi connectivity index (χ2n) is 6.78. The molecular weight excluding hydrogens is 416 g/mol. The van der Waals surface area contributed by atoms with Gasteiger partial charge in [-0.05, 0) is 31.2 Å². The maximum absolute atomic E-state index is 12.9. The van der Waals surface area contributed by atoms with E-state index in [0.29, 0.717) is 46.4 Å². The lowest BCUT2D eigenvalue weighted by Gasteiger charge is -2.14. The number of carbonyl (C=O) groups excluding carboxylic acids is 2. The van der Waals surface area contributed by atoms with Crippen molar-refractivity contribution >= 4 is 46.0 Å². The number of hydrogen-bond acceptors (Lipinski definition) is 7. The van der Waals surface area contributed by atoms with E-state index in [4.69, 9.17) is 13.9 Å². The molecule has 2 N–H and O–H groups in total. The molecule has 31 heavy (non-hydrogen) atoms. The van der Waals surface area contributed by atoms with Crippen molar-refractivity contribution < 1.29 is 23.5 Å². The molecule has 1 amide bonds. The average molecular weight is 439 g/mol. The van der Waals surface area contributed by atoms with Crippen molar-refractivity contribution in [3.63, 3.8) is 0 Å². The van der Waals surface area contributed by atoms with Gasteiger partial charge < -0.3 is 24.5 Å². The summed E-state index contributed by atoms with van der Waals surface area (Å²) in [5.41, 5.74) is 3.18. The first-order chi connectivity index (χ1) is 15.1. The third-order valence-corrected chi connectivity index (χ3v) is 5.77. The number of benzene rings is 2. The van der Waals surface area contributed by atoms with Crippen LogP contribution in [0.25, 0.3) is 11.0 Å². The fourth-order valence-corrected chi connectivity index (χ4v) is 4.36. The highest BCUT2D eigenvalue weighted by Gasteiger charge is 2.23. The maximum atomic E-state index is 12.9. The number of nitrogens with one attached hydrogen (secondary N) is 2. The highest BCUT2D eigenvalue weighted by atomic mass is 32.2. The van der Waals surface area contributed by atoms with Crippen LogP contribution in [0.1, 0.15) is 17.5 Å². The number of fused-ring (bicyclic) bond motifs is 1. The van der Waals surface area contributed by atoms with Crippen molar-refractivity contribution in [1.29, 1.82) is 0 Å². The minimum Gasteiger partial charge on any atom is -0.490 e. The highest BCUT2D eigenvalue weighted by molar-refractivity contribution is 8.00. The average Bonchev–Trinajstić information content (AvgIpc) is 3.42. The van der Waals surface area contributed by atoms with Crippen molar-refractivity contribution in [2.45, 2.75) is 6.92 Å². The van der Waals surface area contributed by atoms with E-state index in [2.05, 4.69) is 10.6 Å². The normalized spacial score (nSPS) is 13.4. The molecule has 1 aliphatic rings. The summed E-state index contributed by atoms with van der Waals surface area (Å²) >= 11 is 1.63. The summed E-state index contributed by atoms with van der Waals surface area (Å²) in [7, 11) is 1.37. The number of furan rings is 1. The molecule has 3 aromatic rings. The maximum Gasteiger partial charge on any atom is 0.336 e. The van der Waals surface area contributed by atoms with E-state index < -0.39 is 0 Å². The van der Waals surface area contributed by atoms with Gasteiger partial charge in [0.25, 0.3) is 5.91 Å². The Bertz CT molecular complexity index is 1170. The molecule has 1 aromatic heterocycles. The van der Waals surface area contributed by atoms with Gasteiger partial charge in [-0.25, -0.2) is 4.79 Å². The molecule has 0 aliphatic carbocycles. The van der Waals surface area contributed by atoms with Crippen molar-refractivity contribution in [2.24, 2.45) is 0 Å². The lowest BCUT2D eigenvalue weighted by atomic mass is 10.2. The second-order valence-corrected chi connectivity index (χ2v) is 7.77. The van der Waals surface area contributed by atoms with E-state index in [0.717, 1.165) is 11.1 Å². The van der Waals surface area contributed by atoms with Gasteiger partial charge >= 0.3 is 5.97 Å². The summed E-state index contributed by atoms with van der Waals surface area (Å²) in [5.74, 6) is 1.31. The zero-order valence-electron chi connectivity index (χ0n) is 17.2. The van der Waals surface area contributed by atoms with E-state index in [1.807, 2.05) is 43.3 Å². The Morgan fingerprint density at radius 2 is 1.90 bits per heavy atom. The van der Waals surface area contributed by atoms with Gasteiger partial charge in [-0.3, -0.25) is 4.79 Å². The number of thioether (sulfide) groups is 1. The number of esters is 1. The zero-order valence-corrected chi connectivity index (χ0v) is 18.0. The number of rotatable bonds is 7. The molecule has 4 rings (SSSR count).